The fraction of sp³-hybridized carbons (Fsp3) is 0.455. The number of hydrogen-bond donors (Lipinski definition) is 2. The minimum atomic E-state index is -0.966. The Labute approximate surface area is 93.9 Å². The molecule has 0 amide bonds. The number of benzene rings is 1. The molecule has 0 radical (unpaired) electrons. The maximum Gasteiger partial charge on any atom is 0.117 e. The zero-order chi connectivity index (χ0) is 11.3. The summed E-state index contributed by atoms with van der Waals surface area (Å²) in [5.41, 5.74) is 3.15. The highest BCUT2D eigenvalue weighted by atomic mass is 32.2. The molecular formula is C11H18N2OS. The first-order valence-corrected chi connectivity index (χ1v) is 6.42. The van der Waals surface area contributed by atoms with Gasteiger partial charge in [-0.2, -0.15) is 0 Å². The highest BCUT2D eigenvalue weighted by molar-refractivity contribution is 7.86. The summed E-state index contributed by atoms with van der Waals surface area (Å²) in [5.74, 6) is 0.683. The zero-order valence-electron chi connectivity index (χ0n) is 9.46. The molecule has 15 heavy (non-hydrogen) atoms. The van der Waals surface area contributed by atoms with Crippen molar-refractivity contribution in [1.29, 1.82) is 0 Å². The van der Waals surface area contributed by atoms with E-state index in [4.69, 9.17) is 0 Å². The minimum absolute atomic E-state index is 0.683. The normalized spacial score (nSPS) is 12.2. The summed E-state index contributed by atoms with van der Waals surface area (Å²) in [6.07, 6.45) is 0.921. The van der Waals surface area contributed by atoms with Gasteiger partial charge in [0.1, 0.15) is 11.0 Å². The summed E-state index contributed by atoms with van der Waals surface area (Å²) in [5, 5.41) is 3.10. The molecule has 0 aliphatic heterocycles. The fourth-order valence-corrected chi connectivity index (χ4v) is 2.19. The van der Waals surface area contributed by atoms with Gasteiger partial charge in [-0.05, 0) is 31.0 Å². The Bertz CT molecular complexity index is 352. The molecule has 3 nitrogen and oxygen atoms in total. The van der Waals surface area contributed by atoms with E-state index in [9.17, 15) is 4.21 Å². The molecular weight excluding hydrogens is 208 g/mol. The highest BCUT2D eigenvalue weighted by Crippen LogP contribution is 2.19. The second-order valence-electron chi connectivity index (χ2n) is 3.43. The molecule has 0 spiro atoms. The number of rotatable bonds is 5. The average molecular weight is 226 g/mol. The van der Waals surface area contributed by atoms with E-state index in [-0.39, 0.29) is 0 Å². The van der Waals surface area contributed by atoms with Crippen LogP contribution < -0.4 is 10.0 Å². The molecule has 1 unspecified atom stereocenters. The third kappa shape index (κ3) is 3.55. The summed E-state index contributed by atoms with van der Waals surface area (Å²) >= 11 is 0. The van der Waals surface area contributed by atoms with Crippen molar-refractivity contribution in [3.8, 4) is 0 Å². The molecule has 2 N–H and O–H groups in total. The topological polar surface area (TPSA) is 41.1 Å². The van der Waals surface area contributed by atoms with Gasteiger partial charge >= 0.3 is 0 Å². The van der Waals surface area contributed by atoms with Gasteiger partial charge < -0.3 is 10.0 Å². The molecule has 0 aliphatic rings. The van der Waals surface area contributed by atoms with E-state index in [1.165, 1.54) is 5.56 Å². The van der Waals surface area contributed by atoms with Crippen LogP contribution in [0, 0.1) is 6.92 Å². The maximum atomic E-state index is 11.5. The van der Waals surface area contributed by atoms with E-state index in [0.717, 1.165) is 17.8 Å². The van der Waals surface area contributed by atoms with Gasteiger partial charge in [0.25, 0.3) is 0 Å². The van der Waals surface area contributed by atoms with E-state index in [1.807, 2.05) is 39.1 Å². The standard InChI is InChI=1S/C11H18N2OS/c1-4-7-15(14)13-10-6-5-9(2)11(8-10)12-3/h5-6,8,12-13H,4,7H2,1-3H3. The van der Waals surface area contributed by atoms with Gasteiger partial charge in [-0.25, -0.2) is 4.21 Å². The summed E-state index contributed by atoms with van der Waals surface area (Å²) < 4.78 is 14.5. The van der Waals surface area contributed by atoms with Gasteiger partial charge in [0.05, 0.1) is 0 Å². The number of aryl methyl sites for hydroxylation is 1. The molecule has 0 heterocycles. The van der Waals surface area contributed by atoms with Crippen LogP contribution in [0.3, 0.4) is 0 Å². The van der Waals surface area contributed by atoms with Crippen molar-refractivity contribution < 1.29 is 4.21 Å². The first-order chi connectivity index (χ1) is 7.17. The Hall–Kier alpha value is -1.03. The fourth-order valence-electron chi connectivity index (χ4n) is 1.32. The molecule has 1 aromatic carbocycles. The minimum Gasteiger partial charge on any atom is -0.388 e. The van der Waals surface area contributed by atoms with Crippen molar-refractivity contribution in [3.05, 3.63) is 23.8 Å². The molecule has 0 fully saturated rings. The van der Waals surface area contributed by atoms with Crippen molar-refractivity contribution in [3.63, 3.8) is 0 Å². The predicted molar refractivity (Wildman–Crippen MR) is 67.6 cm³/mol. The number of anilines is 2. The second kappa shape index (κ2) is 5.75. The Balaban J connectivity index is 2.74. The lowest BCUT2D eigenvalue weighted by Crippen LogP contribution is -2.08. The Morgan fingerprint density at radius 1 is 1.40 bits per heavy atom. The van der Waals surface area contributed by atoms with Crippen molar-refractivity contribution in [2.45, 2.75) is 20.3 Å². The Kier molecular flexibility index (Phi) is 4.62. The van der Waals surface area contributed by atoms with Crippen molar-refractivity contribution >= 4 is 22.4 Å². The van der Waals surface area contributed by atoms with E-state index < -0.39 is 11.0 Å². The quantitative estimate of drug-likeness (QED) is 0.810. The summed E-state index contributed by atoms with van der Waals surface area (Å²) in [7, 11) is 0.918. The smallest absolute Gasteiger partial charge is 0.117 e. The lowest BCUT2D eigenvalue weighted by molar-refractivity contribution is 0.685. The summed E-state index contributed by atoms with van der Waals surface area (Å²) in [6, 6.07) is 5.93. The molecule has 0 saturated heterocycles. The van der Waals surface area contributed by atoms with Crippen LogP contribution in [0.25, 0.3) is 0 Å². The average Bonchev–Trinajstić information content (AvgIpc) is 2.21. The van der Waals surface area contributed by atoms with Crippen LogP contribution in [0.15, 0.2) is 18.2 Å². The lowest BCUT2D eigenvalue weighted by atomic mass is 10.2. The third-order valence-electron chi connectivity index (χ3n) is 2.13. The maximum absolute atomic E-state index is 11.5. The molecule has 0 aromatic heterocycles. The largest absolute Gasteiger partial charge is 0.388 e. The van der Waals surface area contributed by atoms with Crippen LogP contribution in [-0.4, -0.2) is 17.0 Å². The SMILES string of the molecule is CCCS(=O)Nc1ccc(C)c(NC)c1. The summed E-state index contributed by atoms with van der Waals surface area (Å²) in [6.45, 7) is 4.06. The van der Waals surface area contributed by atoms with Gasteiger partial charge in [0.2, 0.25) is 0 Å². The molecule has 84 valence electrons. The van der Waals surface area contributed by atoms with Crippen LogP contribution in [0.1, 0.15) is 18.9 Å². The van der Waals surface area contributed by atoms with Gasteiger partial charge in [0, 0.05) is 24.2 Å². The van der Waals surface area contributed by atoms with E-state index in [2.05, 4.69) is 10.0 Å². The Morgan fingerprint density at radius 2 is 2.13 bits per heavy atom. The number of nitrogens with one attached hydrogen (secondary N) is 2. The second-order valence-corrected chi connectivity index (χ2v) is 4.73. The number of hydrogen-bond acceptors (Lipinski definition) is 2. The van der Waals surface area contributed by atoms with Gasteiger partial charge in [-0.15, -0.1) is 0 Å². The van der Waals surface area contributed by atoms with Gasteiger partial charge in [0.15, 0.2) is 0 Å². The van der Waals surface area contributed by atoms with E-state index in [0.29, 0.717) is 5.75 Å². The van der Waals surface area contributed by atoms with Crippen LogP contribution >= 0.6 is 0 Å². The van der Waals surface area contributed by atoms with Crippen LogP contribution in [0.4, 0.5) is 11.4 Å². The third-order valence-corrected chi connectivity index (χ3v) is 3.37. The lowest BCUT2D eigenvalue weighted by Gasteiger charge is -2.09. The monoisotopic (exact) mass is 226 g/mol. The molecule has 1 rings (SSSR count). The molecule has 0 aliphatic carbocycles. The van der Waals surface area contributed by atoms with Gasteiger partial charge in [-0.1, -0.05) is 13.0 Å². The van der Waals surface area contributed by atoms with Crippen LogP contribution in [-0.2, 0) is 11.0 Å². The van der Waals surface area contributed by atoms with Gasteiger partial charge in [-0.3, -0.25) is 0 Å². The van der Waals surface area contributed by atoms with E-state index >= 15 is 0 Å². The van der Waals surface area contributed by atoms with Crippen LogP contribution in [0.5, 0.6) is 0 Å². The molecule has 1 atom stereocenters. The molecule has 4 heteroatoms. The highest BCUT2D eigenvalue weighted by Gasteiger charge is 2.01. The first kappa shape index (κ1) is 12.0. The van der Waals surface area contributed by atoms with Crippen molar-refractivity contribution in [2.75, 3.05) is 22.8 Å². The van der Waals surface area contributed by atoms with E-state index in [1.54, 1.807) is 0 Å². The zero-order valence-corrected chi connectivity index (χ0v) is 10.3. The first-order valence-electron chi connectivity index (χ1n) is 5.10. The Morgan fingerprint density at radius 3 is 2.73 bits per heavy atom. The van der Waals surface area contributed by atoms with Crippen molar-refractivity contribution in [1.82, 2.24) is 0 Å². The molecule has 0 saturated carbocycles. The predicted octanol–water partition coefficient (Wildman–Crippen LogP) is 2.52. The van der Waals surface area contributed by atoms with Crippen LogP contribution in [0.2, 0.25) is 0 Å². The molecule has 1 aromatic rings. The molecule has 0 bridgehead atoms. The summed E-state index contributed by atoms with van der Waals surface area (Å²) in [4.78, 5) is 0. The van der Waals surface area contributed by atoms with Crippen molar-refractivity contribution in [2.24, 2.45) is 0 Å².